The Morgan fingerprint density at radius 3 is 2.13 bits per heavy atom. The molecular weight excluding hydrogens is 374 g/mol. The molecule has 156 valence electrons. The summed E-state index contributed by atoms with van der Waals surface area (Å²) in [6.45, 7) is 6.03. The average Bonchev–Trinajstić information content (AvgIpc) is 2.85. The molecule has 1 heteroatoms. The number of anilines is 2. The van der Waals surface area contributed by atoms with E-state index >= 15 is 0 Å². The smallest absolute Gasteiger partial charge is 0.0481 e. The van der Waals surface area contributed by atoms with Gasteiger partial charge in [-0.1, -0.05) is 111 Å². The highest BCUT2D eigenvalue weighted by atomic mass is 15.1. The standard InChI is InChI=1S/C28H25N.C2H6/c1-3-4-5-12-24-13-7-9-17-28(24)29(2)25-20-18-23(19-21-25)27-16-10-14-22-11-6-8-15-26(22)27;1-2/h3-21H,1-2H3;1-2H3/b4-3-,12-5-;. The second kappa shape index (κ2) is 11.0. The van der Waals surface area contributed by atoms with Crippen molar-refractivity contribution in [1.82, 2.24) is 0 Å². The molecule has 1 nitrogen and oxygen atoms in total. The highest BCUT2D eigenvalue weighted by Crippen LogP contribution is 2.32. The monoisotopic (exact) mass is 405 g/mol. The Bertz CT molecular complexity index is 1160. The van der Waals surface area contributed by atoms with Gasteiger partial charge in [0, 0.05) is 18.4 Å². The van der Waals surface area contributed by atoms with E-state index in [2.05, 4.69) is 121 Å². The van der Waals surface area contributed by atoms with Crippen LogP contribution >= 0.6 is 0 Å². The maximum Gasteiger partial charge on any atom is 0.0481 e. The second-order valence-corrected chi connectivity index (χ2v) is 7.08. The summed E-state index contributed by atoms with van der Waals surface area (Å²) in [4.78, 5) is 2.24. The Labute approximate surface area is 187 Å². The lowest BCUT2D eigenvalue weighted by atomic mass is 9.98. The molecule has 0 bridgehead atoms. The van der Waals surface area contributed by atoms with E-state index in [4.69, 9.17) is 0 Å². The van der Waals surface area contributed by atoms with Crippen LogP contribution in [0.2, 0.25) is 0 Å². The van der Waals surface area contributed by atoms with Gasteiger partial charge in [0.2, 0.25) is 0 Å². The minimum Gasteiger partial charge on any atom is -0.344 e. The van der Waals surface area contributed by atoms with Crippen LogP contribution in [0.5, 0.6) is 0 Å². The van der Waals surface area contributed by atoms with Gasteiger partial charge in [0.15, 0.2) is 0 Å². The Balaban J connectivity index is 0.00000132. The fraction of sp³-hybridized carbons (Fsp3) is 0.133. The molecule has 0 heterocycles. The fourth-order valence-electron chi connectivity index (χ4n) is 3.69. The summed E-state index contributed by atoms with van der Waals surface area (Å²) >= 11 is 0. The zero-order chi connectivity index (χ0) is 22.1. The molecule has 0 radical (unpaired) electrons. The van der Waals surface area contributed by atoms with Gasteiger partial charge in [-0.3, -0.25) is 0 Å². The third kappa shape index (κ3) is 5.13. The van der Waals surface area contributed by atoms with Crippen LogP contribution in [-0.2, 0) is 0 Å². The van der Waals surface area contributed by atoms with Crippen LogP contribution < -0.4 is 4.90 Å². The van der Waals surface area contributed by atoms with Crippen molar-refractivity contribution in [2.24, 2.45) is 0 Å². The predicted octanol–water partition coefficient (Wildman–Crippen LogP) is 8.89. The van der Waals surface area contributed by atoms with Crippen molar-refractivity contribution in [2.75, 3.05) is 11.9 Å². The van der Waals surface area contributed by atoms with Crippen LogP contribution in [-0.4, -0.2) is 7.05 Å². The van der Waals surface area contributed by atoms with Crippen molar-refractivity contribution in [2.45, 2.75) is 20.8 Å². The molecule has 0 spiro atoms. The van der Waals surface area contributed by atoms with E-state index in [9.17, 15) is 0 Å². The van der Waals surface area contributed by atoms with Gasteiger partial charge in [-0.25, -0.2) is 0 Å². The first-order valence-electron chi connectivity index (χ1n) is 11.0. The second-order valence-electron chi connectivity index (χ2n) is 7.08. The number of rotatable bonds is 5. The molecule has 0 fully saturated rings. The molecule has 0 aliphatic rings. The Kier molecular flexibility index (Phi) is 7.84. The number of fused-ring (bicyclic) bond motifs is 1. The molecule has 0 saturated heterocycles. The van der Waals surface area contributed by atoms with Crippen molar-refractivity contribution in [3.8, 4) is 11.1 Å². The first kappa shape index (κ1) is 22.1. The molecule has 4 aromatic carbocycles. The van der Waals surface area contributed by atoms with Gasteiger partial charge in [-0.2, -0.15) is 0 Å². The van der Waals surface area contributed by atoms with Gasteiger partial charge in [-0.15, -0.1) is 0 Å². The van der Waals surface area contributed by atoms with Gasteiger partial charge in [0.05, 0.1) is 0 Å². The van der Waals surface area contributed by atoms with E-state index in [0.29, 0.717) is 0 Å². The van der Waals surface area contributed by atoms with Gasteiger partial charge in [0.25, 0.3) is 0 Å². The average molecular weight is 406 g/mol. The molecule has 0 aliphatic carbocycles. The zero-order valence-electron chi connectivity index (χ0n) is 18.9. The lowest BCUT2D eigenvalue weighted by molar-refractivity contribution is 1.20. The molecule has 0 aliphatic heterocycles. The highest BCUT2D eigenvalue weighted by Gasteiger charge is 2.09. The maximum atomic E-state index is 2.24. The highest BCUT2D eigenvalue weighted by molar-refractivity contribution is 5.96. The van der Waals surface area contributed by atoms with E-state index in [1.54, 1.807) is 0 Å². The molecule has 0 unspecified atom stereocenters. The fourth-order valence-corrected chi connectivity index (χ4v) is 3.69. The Morgan fingerprint density at radius 1 is 0.677 bits per heavy atom. The van der Waals surface area contributed by atoms with Crippen LogP contribution in [0.3, 0.4) is 0 Å². The summed E-state index contributed by atoms with van der Waals surface area (Å²) in [5.74, 6) is 0. The maximum absolute atomic E-state index is 2.24. The third-order valence-corrected chi connectivity index (χ3v) is 5.23. The van der Waals surface area contributed by atoms with E-state index in [-0.39, 0.29) is 0 Å². The Morgan fingerprint density at radius 2 is 1.35 bits per heavy atom. The summed E-state index contributed by atoms with van der Waals surface area (Å²) in [6, 6.07) is 32.3. The summed E-state index contributed by atoms with van der Waals surface area (Å²) in [7, 11) is 2.12. The molecular formula is C30H31N. The van der Waals surface area contributed by atoms with E-state index < -0.39 is 0 Å². The van der Waals surface area contributed by atoms with Crippen LogP contribution in [0.4, 0.5) is 11.4 Å². The molecule has 0 saturated carbocycles. The summed E-state index contributed by atoms with van der Waals surface area (Å²) in [6.07, 6.45) is 8.32. The normalized spacial score (nSPS) is 11.0. The van der Waals surface area contributed by atoms with Crippen molar-refractivity contribution in [1.29, 1.82) is 0 Å². The predicted molar refractivity (Wildman–Crippen MR) is 139 cm³/mol. The number of hydrogen-bond acceptors (Lipinski definition) is 1. The van der Waals surface area contributed by atoms with Gasteiger partial charge in [0.1, 0.15) is 0 Å². The van der Waals surface area contributed by atoms with Crippen LogP contribution in [0.1, 0.15) is 26.3 Å². The largest absolute Gasteiger partial charge is 0.344 e. The van der Waals surface area contributed by atoms with Gasteiger partial charge >= 0.3 is 0 Å². The summed E-state index contributed by atoms with van der Waals surface area (Å²) < 4.78 is 0. The molecule has 0 N–H and O–H groups in total. The van der Waals surface area contributed by atoms with Crippen LogP contribution in [0, 0.1) is 0 Å². The third-order valence-electron chi connectivity index (χ3n) is 5.23. The first-order valence-corrected chi connectivity index (χ1v) is 11.0. The number of para-hydroxylation sites is 1. The van der Waals surface area contributed by atoms with E-state index in [1.807, 2.05) is 26.8 Å². The zero-order valence-corrected chi connectivity index (χ0v) is 18.9. The molecule has 4 rings (SSSR count). The molecule has 31 heavy (non-hydrogen) atoms. The first-order chi connectivity index (χ1) is 15.3. The number of hydrogen-bond donors (Lipinski definition) is 0. The van der Waals surface area contributed by atoms with Crippen molar-refractivity contribution in [3.05, 3.63) is 115 Å². The molecule has 0 atom stereocenters. The van der Waals surface area contributed by atoms with Gasteiger partial charge < -0.3 is 4.90 Å². The lowest BCUT2D eigenvalue weighted by Gasteiger charge is -2.22. The summed E-state index contributed by atoms with van der Waals surface area (Å²) in [5.41, 5.74) is 6.06. The number of benzene rings is 4. The Hall–Kier alpha value is -3.58. The number of allylic oxidation sites excluding steroid dienone is 3. The minimum atomic E-state index is 1.17. The van der Waals surface area contributed by atoms with E-state index in [1.165, 1.54) is 38.8 Å². The van der Waals surface area contributed by atoms with Crippen molar-refractivity contribution < 1.29 is 0 Å². The minimum absolute atomic E-state index is 1.17. The molecule has 0 aromatic heterocycles. The summed E-state index contributed by atoms with van der Waals surface area (Å²) in [5, 5.41) is 2.56. The SMILES string of the molecule is C/C=C\C=C/c1ccccc1N(C)c1ccc(-c2cccc3ccccc23)cc1.CC. The van der Waals surface area contributed by atoms with Crippen LogP contribution in [0.15, 0.2) is 109 Å². The molecule has 0 amide bonds. The van der Waals surface area contributed by atoms with Crippen molar-refractivity contribution in [3.63, 3.8) is 0 Å². The quantitative estimate of drug-likeness (QED) is 0.300. The topological polar surface area (TPSA) is 3.24 Å². The molecule has 4 aromatic rings. The lowest BCUT2D eigenvalue weighted by Crippen LogP contribution is -2.10. The van der Waals surface area contributed by atoms with Crippen molar-refractivity contribution >= 4 is 28.2 Å². The number of nitrogens with zero attached hydrogens (tertiary/aromatic N) is 1. The van der Waals surface area contributed by atoms with Crippen LogP contribution in [0.25, 0.3) is 28.0 Å². The van der Waals surface area contributed by atoms with E-state index in [0.717, 1.165) is 0 Å². The van der Waals surface area contributed by atoms with Gasteiger partial charge in [-0.05, 0) is 52.6 Å².